The third kappa shape index (κ3) is 1.77. The molecule has 0 unspecified atom stereocenters. The molecule has 0 radical (unpaired) electrons. The Hall–Kier alpha value is -2.18. The van der Waals surface area contributed by atoms with Crippen LogP contribution in [0, 0.1) is 10.1 Å². The topological polar surface area (TPSA) is 78.8 Å². The van der Waals surface area contributed by atoms with Gasteiger partial charge in [-0.2, -0.15) is 5.10 Å². The number of nitro groups is 1. The molecule has 0 aliphatic carbocycles. The average Bonchev–Trinajstić information content (AvgIpc) is 2.91. The highest BCUT2D eigenvalue weighted by Crippen LogP contribution is 2.27. The Bertz CT molecular complexity index is 584. The molecule has 0 saturated heterocycles. The zero-order valence-electron chi connectivity index (χ0n) is 10.6. The molecule has 0 atom stereocenters. The molecule has 0 spiro atoms. The summed E-state index contributed by atoms with van der Waals surface area (Å²) in [5.41, 5.74) is 0.556. The van der Waals surface area contributed by atoms with Crippen molar-refractivity contribution in [2.45, 2.75) is 26.7 Å². The maximum atomic E-state index is 11.2. The van der Waals surface area contributed by atoms with E-state index in [1.165, 1.54) is 4.68 Å². The first-order valence-corrected chi connectivity index (χ1v) is 5.83. The highest BCUT2D eigenvalue weighted by molar-refractivity contribution is 5.52. The van der Waals surface area contributed by atoms with E-state index in [2.05, 4.69) is 10.1 Å². The Morgan fingerprint density at radius 2 is 2.11 bits per heavy atom. The molecule has 2 heterocycles. The Balaban J connectivity index is 2.70. The summed E-state index contributed by atoms with van der Waals surface area (Å²) in [6, 6.07) is 0. The molecule has 2 rings (SSSR count). The number of hydrogen-bond donors (Lipinski definition) is 0. The minimum Gasteiger partial charge on any atom is -0.282 e. The molecule has 0 amide bonds. The fourth-order valence-electron chi connectivity index (χ4n) is 2.04. The fraction of sp³-hybridized carbons (Fsp3) is 0.455. The van der Waals surface area contributed by atoms with E-state index >= 15 is 0 Å². The van der Waals surface area contributed by atoms with Crippen LogP contribution in [-0.2, 0) is 19.9 Å². The van der Waals surface area contributed by atoms with Gasteiger partial charge in [-0.15, -0.1) is 0 Å². The lowest BCUT2D eigenvalue weighted by molar-refractivity contribution is -0.385. The number of hydrogen-bond acceptors (Lipinski definition) is 4. The highest BCUT2D eigenvalue weighted by Gasteiger charge is 2.27. The van der Waals surface area contributed by atoms with Crippen LogP contribution in [0.3, 0.4) is 0 Å². The zero-order valence-corrected chi connectivity index (χ0v) is 10.6. The second kappa shape index (κ2) is 4.59. The molecule has 0 aliphatic heterocycles. The smallest absolute Gasteiger partial charge is 0.282 e. The summed E-state index contributed by atoms with van der Waals surface area (Å²) in [5, 5.41) is 15.4. The molecule has 2 aromatic rings. The molecule has 96 valence electrons. The number of aromatic nitrogens is 4. The van der Waals surface area contributed by atoms with Gasteiger partial charge in [0.15, 0.2) is 0 Å². The molecular weight excluding hydrogens is 234 g/mol. The van der Waals surface area contributed by atoms with E-state index in [9.17, 15) is 10.1 Å². The first-order chi connectivity index (χ1) is 8.60. The lowest BCUT2D eigenvalue weighted by Gasteiger charge is -2.05. The summed E-state index contributed by atoms with van der Waals surface area (Å²) in [7, 11) is 1.71. The van der Waals surface area contributed by atoms with Gasteiger partial charge in [0.25, 0.3) is 0 Å². The van der Waals surface area contributed by atoms with E-state index in [0.717, 1.165) is 5.82 Å². The Labute approximate surface area is 104 Å². The molecule has 0 aromatic carbocycles. The lowest BCUT2D eigenvalue weighted by Crippen LogP contribution is -2.07. The quantitative estimate of drug-likeness (QED) is 0.609. The molecule has 7 nitrogen and oxygen atoms in total. The first kappa shape index (κ1) is 12.3. The van der Waals surface area contributed by atoms with E-state index in [1.807, 2.05) is 13.8 Å². The summed E-state index contributed by atoms with van der Waals surface area (Å²) in [6.45, 7) is 3.82. The van der Waals surface area contributed by atoms with Gasteiger partial charge < -0.3 is 0 Å². The number of rotatable bonds is 4. The van der Waals surface area contributed by atoms with Gasteiger partial charge in [-0.3, -0.25) is 14.7 Å². The lowest BCUT2D eigenvalue weighted by atomic mass is 10.3. The second-order valence-corrected chi connectivity index (χ2v) is 3.92. The van der Waals surface area contributed by atoms with Gasteiger partial charge in [0.05, 0.1) is 4.92 Å². The van der Waals surface area contributed by atoms with Crippen LogP contribution in [-0.4, -0.2) is 24.3 Å². The monoisotopic (exact) mass is 249 g/mol. The predicted octanol–water partition coefficient (Wildman–Crippen LogP) is 1.64. The molecule has 7 heteroatoms. The molecule has 2 aromatic heterocycles. The summed E-state index contributed by atoms with van der Waals surface area (Å²) >= 11 is 0. The van der Waals surface area contributed by atoms with Crippen molar-refractivity contribution < 1.29 is 4.92 Å². The van der Waals surface area contributed by atoms with Crippen LogP contribution in [0.1, 0.15) is 25.4 Å². The van der Waals surface area contributed by atoms with Crippen molar-refractivity contribution in [2.24, 2.45) is 7.05 Å². The third-order valence-electron chi connectivity index (χ3n) is 2.84. The van der Waals surface area contributed by atoms with Crippen LogP contribution >= 0.6 is 0 Å². The van der Waals surface area contributed by atoms with Crippen molar-refractivity contribution in [2.75, 3.05) is 0 Å². The van der Waals surface area contributed by atoms with Crippen LogP contribution in [0.15, 0.2) is 12.4 Å². The van der Waals surface area contributed by atoms with Crippen LogP contribution in [0.5, 0.6) is 0 Å². The SMILES string of the molecule is CCc1nn(C)c(-n2ccnc2CC)c1[N+](=O)[O-]. The molecule has 0 aliphatic rings. The Kier molecular flexibility index (Phi) is 3.14. The Morgan fingerprint density at radius 3 is 2.67 bits per heavy atom. The predicted molar refractivity (Wildman–Crippen MR) is 65.7 cm³/mol. The van der Waals surface area contributed by atoms with Crippen molar-refractivity contribution in [3.05, 3.63) is 34.0 Å². The fourth-order valence-corrected chi connectivity index (χ4v) is 2.04. The molecule has 0 fully saturated rings. The van der Waals surface area contributed by atoms with Crippen LogP contribution < -0.4 is 0 Å². The number of nitrogens with zero attached hydrogens (tertiary/aromatic N) is 5. The van der Waals surface area contributed by atoms with Gasteiger partial charge in [0.2, 0.25) is 5.82 Å². The van der Waals surface area contributed by atoms with Crippen molar-refractivity contribution in [3.63, 3.8) is 0 Å². The van der Waals surface area contributed by atoms with E-state index in [0.29, 0.717) is 24.4 Å². The maximum Gasteiger partial charge on any atom is 0.334 e. The van der Waals surface area contributed by atoms with Gasteiger partial charge in [-0.05, 0) is 6.42 Å². The number of imidazole rings is 1. The van der Waals surface area contributed by atoms with Crippen LogP contribution in [0.2, 0.25) is 0 Å². The number of aryl methyl sites for hydroxylation is 3. The normalized spacial score (nSPS) is 10.8. The minimum absolute atomic E-state index is 0.0627. The third-order valence-corrected chi connectivity index (χ3v) is 2.84. The second-order valence-electron chi connectivity index (χ2n) is 3.92. The Morgan fingerprint density at radius 1 is 1.39 bits per heavy atom. The molecule has 0 N–H and O–H groups in total. The van der Waals surface area contributed by atoms with Gasteiger partial charge in [-0.1, -0.05) is 13.8 Å². The van der Waals surface area contributed by atoms with Gasteiger partial charge in [-0.25, -0.2) is 9.67 Å². The standard InChI is InChI=1S/C11H15N5O2/c1-4-8-10(16(17)18)11(14(3)13-8)15-7-6-12-9(15)5-2/h6-7H,4-5H2,1-3H3. The van der Waals surface area contributed by atoms with E-state index in [-0.39, 0.29) is 10.6 Å². The van der Waals surface area contributed by atoms with Crippen molar-refractivity contribution in [1.29, 1.82) is 0 Å². The molecular formula is C11H15N5O2. The molecule has 0 saturated carbocycles. The van der Waals surface area contributed by atoms with Crippen LogP contribution in [0.25, 0.3) is 5.82 Å². The van der Waals surface area contributed by atoms with Gasteiger partial charge >= 0.3 is 5.69 Å². The zero-order chi connectivity index (χ0) is 13.3. The minimum atomic E-state index is -0.374. The summed E-state index contributed by atoms with van der Waals surface area (Å²) < 4.78 is 3.27. The maximum absolute atomic E-state index is 11.2. The molecule has 0 bridgehead atoms. The van der Waals surface area contributed by atoms with E-state index < -0.39 is 0 Å². The average molecular weight is 249 g/mol. The summed E-state index contributed by atoms with van der Waals surface area (Å²) in [4.78, 5) is 15.0. The van der Waals surface area contributed by atoms with E-state index in [4.69, 9.17) is 0 Å². The van der Waals surface area contributed by atoms with Crippen molar-refractivity contribution >= 4 is 5.69 Å². The van der Waals surface area contributed by atoms with Crippen molar-refractivity contribution in [1.82, 2.24) is 19.3 Å². The molecule has 18 heavy (non-hydrogen) atoms. The van der Waals surface area contributed by atoms with E-state index in [1.54, 1.807) is 24.0 Å². The van der Waals surface area contributed by atoms with Crippen LogP contribution in [0.4, 0.5) is 5.69 Å². The summed E-state index contributed by atoms with van der Waals surface area (Å²) in [5.74, 6) is 1.25. The van der Waals surface area contributed by atoms with Gasteiger partial charge in [0.1, 0.15) is 11.5 Å². The summed E-state index contributed by atoms with van der Waals surface area (Å²) in [6.07, 6.45) is 4.60. The largest absolute Gasteiger partial charge is 0.334 e. The highest BCUT2D eigenvalue weighted by atomic mass is 16.6. The first-order valence-electron chi connectivity index (χ1n) is 5.83. The van der Waals surface area contributed by atoms with Gasteiger partial charge in [0, 0.05) is 25.9 Å². The van der Waals surface area contributed by atoms with Crippen molar-refractivity contribution in [3.8, 4) is 5.82 Å².